The first-order valence-corrected chi connectivity index (χ1v) is 4.27. The lowest BCUT2D eigenvalue weighted by Crippen LogP contribution is -1.96. The number of rotatable bonds is 1. The summed E-state index contributed by atoms with van der Waals surface area (Å²) in [5, 5.41) is -0.222. The van der Waals surface area contributed by atoms with Crippen molar-refractivity contribution >= 4 is 34.2 Å². The molecule has 1 heterocycles. The number of aromatic nitrogens is 1. The first-order chi connectivity index (χ1) is 5.52. The monoisotopic (exact) mass is 307 g/mol. The van der Waals surface area contributed by atoms with E-state index < -0.39 is 18.1 Å². The lowest BCUT2D eigenvalue weighted by Gasteiger charge is -2.01. The molecule has 1 aromatic heterocycles. The summed E-state index contributed by atoms with van der Waals surface area (Å²) in [7, 11) is 0. The maximum atomic E-state index is 12.6. The predicted octanol–water partition coefficient (Wildman–Crippen LogP) is 3.42. The van der Waals surface area contributed by atoms with E-state index in [1.807, 2.05) is 0 Å². The van der Waals surface area contributed by atoms with Crippen molar-refractivity contribution in [3.63, 3.8) is 0 Å². The van der Waals surface area contributed by atoms with Crippen LogP contribution in [0.15, 0.2) is 6.07 Å². The molecule has 0 spiro atoms. The Balaban J connectivity index is 3.21. The van der Waals surface area contributed by atoms with Crippen molar-refractivity contribution < 1.29 is 13.2 Å². The molecule has 0 bridgehead atoms. The molecule has 0 aliphatic carbocycles. The van der Waals surface area contributed by atoms with E-state index in [4.69, 9.17) is 11.6 Å². The summed E-state index contributed by atoms with van der Waals surface area (Å²) in [6, 6.07) is 1.05. The van der Waals surface area contributed by atoms with Gasteiger partial charge in [-0.25, -0.2) is 13.8 Å². The van der Waals surface area contributed by atoms with Crippen LogP contribution in [0.4, 0.5) is 13.2 Å². The van der Waals surface area contributed by atoms with Gasteiger partial charge in [0.2, 0.25) is 5.95 Å². The molecule has 1 aromatic rings. The highest BCUT2D eigenvalue weighted by Gasteiger charge is 2.14. The van der Waals surface area contributed by atoms with E-state index in [-0.39, 0.29) is 8.59 Å². The van der Waals surface area contributed by atoms with Crippen LogP contribution < -0.4 is 0 Å². The Hall–Kier alpha value is -0.0400. The van der Waals surface area contributed by atoms with Gasteiger partial charge >= 0.3 is 0 Å². The highest BCUT2D eigenvalue weighted by molar-refractivity contribution is 14.1. The van der Waals surface area contributed by atoms with E-state index >= 15 is 0 Å². The maximum Gasteiger partial charge on any atom is 0.280 e. The summed E-state index contributed by atoms with van der Waals surface area (Å²) in [4.78, 5) is 2.98. The van der Waals surface area contributed by atoms with Gasteiger partial charge in [-0.2, -0.15) is 4.39 Å². The molecule has 0 amide bonds. The second-order valence-electron chi connectivity index (χ2n) is 1.93. The molecule has 0 aromatic carbocycles. The van der Waals surface area contributed by atoms with Crippen LogP contribution in [-0.4, -0.2) is 4.98 Å². The van der Waals surface area contributed by atoms with Crippen LogP contribution in [-0.2, 0) is 0 Å². The zero-order valence-electron chi connectivity index (χ0n) is 5.49. The van der Waals surface area contributed by atoms with Crippen LogP contribution >= 0.6 is 34.2 Å². The number of pyridine rings is 1. The summed E-state index contributed by atoms with van der Waals surface area (Å²) in [5.74, 6) is -1.06. The van der Waals surface area contributed by atoms with Crippen molar-refractivity contribution in [1.82, 2.24) is 4.98 Å². The smallest absolute Gasteiger partial charge is 0.217 e. The molecule has 0 aliphatic rings. The fourth-order valence-corrected chi connectivity index (χ4v) is 1.24. The first-order valence-electron chi connectivity index (χ1n) is 2.82. The summed E-state index contributed by atoms with van der Waals surface area (Å²) in [5.41, 5.74) is -0.596. The Labute approximate surface area is 85.1 Å². The molecule has 1 rings (SSSR count). The Morgan fingerprint density at radius 2 is 2.08 bits per heavy atom. The quantitative estimate of drug-likeness (QED) is 0.572. The van der Waals surface area contributed by atoms with Crippen LogP contribution in [0.3, 0.4) is 0 Å². The average molecular weight is 307 g/mol. The van der Waals surface area contributed by atoms with Crippen molar-refractivity contribution in [2.75, 3.05) is 0 Å². The number of halogens is 5. The van der Waals surface area contributed by atoms with Gasteiger partial charge in [0.25, 0.3) is 6.43 Å². The van der Waals surface area contributed by atoms with Crippen LogP contribution in [0, 0.1) is 9.52 Å². The molecule has 0 saturated heterocycles. The molecule has 0 fully saturated rings. The topological polar surface area (TPSA) is 12.9 Å². The van der Waals surface area contributed by atoms with Gasteiger partial charge in [0.15, 0.2) is 0 Å². The Morgan fingerprint density at radius 1 is 1.50 bits per heavy atom. The summed E-state index contributed by atoms with van der Waals surface area (Å²) >= 11 is 7.03. The number of hydrogen-bond donors (Lipinski definition) is 0. The van der Waals surface area contributed by atoms with E-state index in [0.29, 0.717) is 0 Å². The predicted molar refractivity (Wildman–Crippen MR) is 46.9 cm³/mol. The second kappa shape index (κ2) is 3.78. The van der Waals surface area contributed by atoms with Gasteiger partial charge in [-0.15, -0.1) is 0 Å². The molecule has 6 heteroatoms. The third kappa shape index (κ3) is 2.01. The van der Waals surface area contributed by atoms with Gasteiger partial charge in [0, 0.05) is 3.57 Å². The van der Waals surface area contributed by atoms with Crippen molar-refractivity contribution in [3.8, 4) is 0 Å². The third-order valence-corrected chi connectivity index (χ3v) is 2.65. The Bertz CT molecular complexity index is 282. The van der Waals surface area contributed by atoms with Crippen molar-refractivity contribution in [2.45, 2.75) is 6.43 Å². The molecule has 66 valence electrons. The minimum atomic E-state index is -2.77. The lowest BCUT2D eigenvalue weighted by atomic mass is 10.3. The molecular formula is C6H2ClF3IN. The highest BCUT2D eigenvalue weighted by atomic mass is 127. The molecular weight excluding hydrogens is 305 g/mol. The normalized spacial score (nSPS) is 10.8. The van der Waals surface area contributed by atoms with Crippen molar-refractivity contribution in [2.24, 2.45) is 0 Å². The van der Waals surface area contributed by atoms with Gasteiger partial charge in [0.05, 0.1) is 0 Å². The molecule has 0 saturated carbocycles. The van der Waals surface area contributed by atoms with Crippen LogP contribution in [0.1, 0.15) is 12.1 Å². The third-order valence-electron chi connectivity index (χ3n) is 1.12. The van der Waals surface area contributed by atoms with Crippen molar-refractivity contribution in [3.05, 3.63) is 26.3 Å². The van der Waals surface area contributed by atoms with Crippen LogP contribution in [0.25, 0.3) is 0 Å². The average Bonchev–Trinajstić information content (AvgIpc) is 1.99. The molecule has 0 radical (unpaired) electrons. The van der Waals surface area contributed by atoms with E-state index in [1.165, 1.54) is 0 Å². The van der Waals surface area contributed by atoms with Gasteiger partial charge in [-0.1, -0.05) is 11.6 Å². The van der Waals surface area contributed by atoms with E-state index in [9.17, 15) is 13.2 Å². The zero-order chi connectivity index (χ0) is 9.30. The summed E-state index contributed by atoms with van der Waals surface area (Å²) < 4.78 is 36.8. The van der Waals surface area contributed by atoms with E-state index in [2.05, 4.69) is 4.98 Å². The van der Waals surface area contributed by atoms with Crippen LogP contribution in [0.5, 0.6) is 0 Å². The number of alkyl halides is 2. The fourth-order valence-electron chi connectivity index (χ4n) is 0.598. The SMILES string of the molecule is Fc1nc(C(F)F)cc(I)c1Cl. The minimum absolute atomic E-state index is 0.222. The highest BCUT2D eigenvalue weighted by Crippen LogP contribution is 2.25. The Kier molecular flexibility index (Phi) is 3.16. The lowest BCUT2D eigenvalue weighted by molar-refractivity contribution is 0.144. The Morgan fingerprint density at radius 3 is 2.50 bits per heavy atom. The van der Waals surface area contributed by atoms with Gasteiger partial charge in [-0.3, -0.25) is 0 Å². The maximum absolute atomic E-state index is 12.6. The standard InChI is InChI=1S/C6H2ClF3IN/c7-4-2(11)1-3(5(8)9)12-6(4)10/h1,5H. The molecule has 0 N–H and O–H groups in total. The first kappa shape index (κ1) is 10.0. The number of nitrogens with zero attached hydrogens (tertiary/aromatic N) is 1. The zero-order valence-corrected chi connectivity index (χ0v) is 8.41. The minimum Gasteiger partial charge on any atom is -0.217 e. The summed E-state index contributed by atoms with van der Waals surface area (Å²) in [6.07, 6.45) is -2.77. The van der Waals surface area contributed by atoms with Gasteiger partial charge in [-0.05, 0) is 28.7 Å². The van der Waals surface area contributed by atoms with E-state index in [1.54, 1.807) is 22.6 Å². The molecule has 0 aliphatic heterocycles. The fraction of sp³-hybridized carbons (Fsp3) is 0.167. The van der Waals surface area contributed by atoms with E-state index in [0.717, 1.165) is 6.07 Å². The van der Waals surface area contributed by atoms with Crippen molar-refractivity contribution in [1.29, 1.82) is 0 Å². The molecule has 12 heavy (non-hydrogen) atoms. The van der Waals surface area contributed by atoms with Crippen LogP contribution in [0.2, 0.25) is 5.02 Å². The van der Waals surface area contributed by atoms with Gasteiger partial charge < -0.3 is 0 Å². The molecule has 0 unspecified atom stereocenters. The van der Waals surface area contributed by atoms with Gasteiger partial charge in [0.1, 0.15) is 10.7 Å². The number of hydrogen-bond acceptors (Lipinski definition) is 1. The largest absolute Gasteiger partial charge is 0.280 e. The summed E-state index contributed by atoms with van der Waals surface area (Å²) in [6.45, 7) is 0. The second-order valence-corrected chi connectivity index (χ2v) is 3.47. The molecule has 0 atom stereocenters. The molecule has 1 nitrogen and oxygen atoms in total.